The molecule has 2 rings (SSSR count). The van der Waals surface area contributed by atoms with Crippen molar-refractivity contribution in [2.75, 3.05) is 13.2 Å². The molecule has 7 heteroatoms. The van der Waals surface area contributed by atoms with Gasteiger partial charge in [-0.15, -0.1) is 0 Å². The van der Waals surface area contributed by atoms with Crippen molar-refractivity contribution in [1.29, 1.82) is 0 Å². The Balaban J connectivity index is 2.61. The summed E-state index contributed by atoms with van der Waals surface area (Å²) in [5.41, 5.74) is -0.213. The summed E-state index contributed by atoms with van der Waals surface area (Å²) in [4.78, 5) is 37.9. The van der Waals surface area contributed by atoms with Crippen LogP contribution in [0.3, 0.4) is 0 Å². The number of hydrogen-bond donors (Lipinski definition) is 1. The molecule has 1 unspecified atom stereocenters. The Morgan fingerprint density at radius 3 is 2.38 bits per heavy atom. The highest BCUT2D eigenvalue weighted by Crippen LogP contribution is 2.40. The van der Waals surface area contributed by atoms with Crippen LogP contribution in [0.5, 0.6) is 0 Å². The van der Waals surface area contributed by atoms with Crippen molar-refractivity contribution in [2.45, 2.75) is 59.4 Å². The molecule has 0 spiro atoms. The zero-order valence-electron chi connectivity index (χ0n) is 16.1. The molecule has 1 aliphatic heterocycles. The van der Waals surface area contributed by atoms with Crippen LogP contribution in [0.4, 0.5) is 0 Å². The zero-order chi connectivity index (χ0) is 19.5. The zero-order valence-corrected chi connectivity index (χ0v) is 16.1. The maximum Gasteiger partial charge on any atom is 0.340 e. The lowest BCUT2D eigenvalue weighted by Gasteiger charge is -2.34. The Labute approximate surface area is 153 Å². The van der Waals surface area contributed by atoms with Gasteiger partial charge < -0.3 is 19.5 Å². The standard InChI is InChI=1S/C19H27NO6/c1-6-24-17(22)14-13-11(21)9-8-10-12(13)26-16(20-19(3,4)5)15(14)18(23)25-7-2/h14,20H,6-10H2,1-5H3. The molecule has 7 nitrogen and oxygen atoms in total. The summed E-state index contributed by atoms with van der Waals surface area (Å²) in [6, 6.07) is 0. The number of hydrogen-bond acceptors (Lipinski definition) is 7. The number of Topliss-reactive ketones (excluding diaryl/α,β-unsaturated/α-hetero) is 1. The Bertz CT molecular complexity index is 668. The van der Waals surface area contributed by atoms with Crippen LogP contribution >= 0.6 is 0 Å². The summed E-state index contributed by atoms with van der Waals surface area (Å²) in [5.74, 6) is -2.07. The monoisotopic (exact) mass is 365 g/mol. The predicted octanol–water partition coefficient (Wildman–Crippen LogP) is 2.37. The van der Waals surface area contributed by atoms with Crippen molar-refractivity contribution >= 4 is 17.7 Å². The van der Waals surface area contributed by atoms with Crippen LogP contribution in [0.1, 0.15) is 53.9 Å². The van der Waals surface area contributed by atoms with Gasteiger partial charge in [-0.1, -0.05) is 0 Å². The maximum atomic E-state index is 12.7. The van der Waals surface area contributed by atoms with Crippen LogP contribution in [0.25, 0.3) is 0 Å². The average molecular weight is 365 g/mol. The second kappa shape index (κ2) is 7.93. The summed E-state index contributed by atoms with van der Waals surface area (Å²) in [7, 11) is 0. The molecule has 0 amide bonds. The third-order valence-corrected chi connectivity index (χ3v) is 3.96. The Kier molecular flexibility index (Phi) is 6.10. The SMILES string of the molecule is CCOC(=O)C1=C(NC(C)(C)C)OC2=C(C(=O)CCC2)C1C(=O)OCC. The minimum Gasteiger partial charge on any atom is -0.465 e. The van der Waals surface area contributed by atoms with Crippen LogP contribution in [-0.4, -0.2) is 36.5 Å². The Morgan fingerprint density at radius 2 is 1.81 bits per heavy atom. The largest absolute Gasteiger partial charge is 0.465 e. The van der Waals surface area contributed by atoms with Gasteiger partial charge >= 0.3 is 11.9 Å². The van der Waals surface area contributed by atoms with Crippen molar-refractivity contribution in [3.63, 3.8) is 0 Å². The van der Waals surface area contributed by atoms with Gasteiger partial charge in [0, 0.05) is 18.4 Å². The van der Waals surface area contributed by atoms with Crippen molar-refractivity contribution in [3.8, 4) is 0 Å². The summed E-state index contributed by atoms with van der Waals surface area (Å²) in [6.07, 6.45) is 1.49. The third kappa shape index (κ3) is 4.26. The van der Waals surface area contributed by atoms with Gasteiger partial charge in [-0.3, -0.25) is 9.59 Å². The molecule has 0 aromatic carbocycles. The van der Waals surface area contributed by atoms with Gasteiger partial charge in [0.25, 0.3) is 0 Å². The predicted molar refractivity (Wildman–Crippen MR) is 93.6 cm³/mol. The molecule has 0 radical (unpaired) electrons. The molecule has 0 bridgehead atoms. The van der Waals surface area contributed by atoms with Crippen LogP contribution < -0.4 is 5.32 Å². The van der Waals surface area contributed by atoms with Crippen molar-refractivity contribution in [2.24, 2.45) is 5.92 Å². The number of allylic oxidation sites excluding steroid dienone is 1. The number of ketones is 1. The first kappa shape index (κ1) is 20.0. The first-order valence-corrected chi connectivity index (χ1v) is 8.99. The lowest BCUT2D eigenvalue weighted by atomic mass is 9.81. The van der Waals surface area contributed by atoms with Crippen molar-refractivity contribution in [1.82, 2.24) is 5.32 Å². The van der Waals surface area contributed by atoms with E-state index in [0.29, 0.717) is 25.0 Å². The molecule has 2 aliphatic rings. The quantitative estimate of drug-likeness (QED) is 0.748. The maximum absolute atomic E-state index is 12.7. The van der Waals surface area contributed by atoms with E-state index in [1.54, 1.807) is 13.8 Å². The fourth-order valence-corrected chi connectivity index (χ4v) is 3.03. The first-order valence-electron chi connectivity index (χ1n) is 8.99. The number of esters is 2. The Hall–Kier alpha value is -2.31. The van der Waals surface area contributed by atoms with Gasteiger partial charge in [0.1, 0.15) is 17.3 Å². The summed E-state index contributed by atoms with van der Waals surface area (Å²) in [6.45, 7) is 9.35. The van der Waals surface area contributed by atoms with Gasteiger partial charge in [-0.05, 0) is 41.0 Å². The second-order valence-corrected chi connectivity index (χ2v) is 7.24. The van der Waals surface area contributed by atoms with Gasteiger partial charge in [-0.25, -0.2) is 4.79 Å². The van der Waals surface area contributed by atoms with Crippen molar-refractivity contribution in [3.05, 3.63) is 22.8 Å². The molecule has 1 N–H and O–H groups in total. The molecule has 0 aromatic heterocycles. The van der Waals surface area contributed by atoms with Crippen LogP contribution in [-0.2, 0) is 28.6 Å². The number of nitrogens with one attached hydrogen (secondary N) is 1. The van der Waals surface area contributed by atoms with Crippen LogP contribution in [0.15, 0.2) is 22.8 Å². The topological polar surface area (TPSA) is 90.9 Å². The second-order valence-electron chi connectivity index (χ2n) is 7.24. The van der Waals surface area contributed by atoms with E-state index in [1.807, 2.05) is 20.8 Å². The molecule has 26 heavy (non-hydrogen) atoms. The van der Waals surface area contributed by atoms with E-state index in [-0.39, 0.29) is 36.0 Å². The van der Waals surface area contributed by atoms with Crippen LogP contribution in [0.2, 0.25) is 0 Å². The molecule has 1 aliphatic carbocycles. The van der Waals surface area contributed by atoms with Crippen molar-refractivity contribution < 1.29 is 28.6 Å². The number of ether oxygens (including phenoxy) is 3. The fraction of sp³-hybridized carbons (Fsp3) is 0.632. The highest BCUT2D eigenvalue weighted by Gasteiger charge is 2.46. The number of rotatable bonds is 5. The van der Waals surface area contributed by atoms with Gasteiger partial charge in [-0.2, -0.15) is 0 Å². The van der Waals surface area contributed by atoms with Crippen LogP contribution in [0, 0.1) is 5.92 Å². The molecule has 1 atom stereocenters. The average Bonchev–Trinajstić information content (AvgIpc) is 2.52. The molecule has 0 saturated heterocycles. The highest BCUT2D eigenvalue weighted by molar-refractivity contribution is 6.08. The molecule has 0 aromatic rings. The van der Waals surface area contributed by atoms with E-state index in [9.17, 15) is 14.4 Å². The minimum absolute atomic E-state index is 0.00535. The minimum atomic E-state index is -1.13. The third-order valence-electron chi connectivity index (χ3n) is 3.96. The lowest BCUT2D eigenvalue weighted by Crippen LogP contribution is -2.43. The van der Waals surface area contributed by atoms with E-state index in [2.05, 4.69) is 5.32 Å². The summed E-state index contributed by atoms with van der Waals surface area (Å²) in [5, 5.41) is 3.13. The first-order chi connectivity index (χ1) is 12.2. The summed E-state index contributed by atoms with van der Waals surface area (Å²) < 4.78 is 16.2. The molecule has 0 fully saturated rings. The van der Waals surface area contributed by atoms with E-state index in [1.165, 1.54) is 0 Å². The fourth-order valence-electron chi connectivity index (χ4n) is 3.03. The number of carbonyl (C=O) groups excluding carboxylic acids is 3. The smallest absolute Gasteiger partial charge is 0.340 e. The van der Waals surface area contributed by atoms with E-state index < -0.39 is 23.4 Å². The van der Waals surface area contributed by atoms with E-state index in [0.717, 1.165) is 0 Å². The van der Waals surface area contributed by atoms with E-state index >= 15 is 0 Å². The Morgan fingerprint density at radius 1 is 1.15 bits per heavy atom. The van der Waals surface area contributed by atoms with Gasteiger partial charge in [0.05, 0.1) is 18.8 Å². The van der Waals surface area contributed by atoms with Gasteiger partial charge in [0.15, 0.2) is 5.78 Å². The molecule has 0 saturated carbocycles. The van der Waals surface area contributed by atoms with E-state index in [4.69, 9.17) is 14.2 Å². The molecule has 1 heterocycles. The molecule has 144 valence electrons. The lowest BCUT2D eigenvalue weighted by molar-refractivity contribution is -0.150. The summed E-state index contributed by atoms with van der Waals surface area (Å²) >= 11 is 0. The normalized spacial score (nSPS) is 20.3. The molecular formula is C19H27NO6. The highest BCUT2D eigenvalue weighted by atomic mass is 16.5. The van der Waals surface area contributed by atoms with Gasteiger partial charge in [0.2, 0.25) is 5.88 Å². The molecular weight excluding hydrogens is 338 g/mol. The number of carbonyl (C=O) groups is 3.